The van der Waals surface area contributed by atoms with Gasteiger partial charge in [-0.3, -0.25) is 4.79 Å². The van der Waals surface area contributed by atoms with Gasteiger partial charge in [0.05, 0.1) is 44.6 Å². The van der Waals surface area contributed by atoms with Crippen LogP contribution in [0.1, 0.15) is 44.7 Å². The summed E-state index contributed by atoms with van der Waals surface area (Å²) in [5.74, 6) is 0.710. The number of hydrogen-bond acceptors (Lipinski definition) is 9. The number of carbonyl (C=O) groups is 2. The van der Waals surface area contributed by atoms with Gasteiger partial charge in [0.2, 0.25) is 5.91 Å². The molecular weight excluding hydrogens is 480 g/mol. The first-order chi connectivity index (χ1) is 17.4. The van der Waals surface area contributed by atoms with Crippen molar-refractivity contribution < 1.29 is 23.8 Å². The van der Waals surface area contributed by atoms with Gasteiger partial charge in [0, 0.05) is 24.9 Å². The number of fused-ring (bicyclic) bond motifs is 1. The number of amidine groups is 1. The van der Waals surface area contributed by atoms with Crippen molar-refractivity contribution in [1.82, 2.24) is 15.1 Å². The quantitative estimate of drug-likeness (QED) is 0.475. The number of ether oxygens (including phenoxy) is 3. The third-order valence-corrected chi connectivity index (χ3v) is 7.36. The fourth-order valence-electron chi connectivity index (χ4n) is 4.73. The fourth-order valence-corrected chi connectivity index (χ4v) is 5.69. The van der Waals surface area contributed by atoms with Gasteiger partial charge in [-0.15, -0.1) is 0 Å². The van der Waals surface area contributed by atoms with Gasteiger partial charge in [0.1, 0.15) is 11.5 Å². The number of methoxy groups -OCH3 is 2. The highest BCUT2D eigenvalue weighted by Gasteiger charge is 2.41. The smallest absolute Gasteiger partial charge is 0.338 e. The van der Waals surface area contributed by atoms with Crippen molar-refractivity contribution in [3.05, 3.63) is 46.1 Å². The molecule has 36 heavy (non-hydrogen) atoms. The maximum atomic E-state index is 13.1. The number of nitrogens with zero attached hydrogens (tertiary/aromatic N) is 3. The van der Waals surface area contributed by atoms with Crippen molar-refractivity contribution in [2.75, 3.05) is 47.0 Å². The first-order valence-corrected chi connectivity index (χ1v) is 13.2. The molecule has 1 aromatic carbocycles. The number of esters is 1. The van der Waals surface area contributed by atoms with Crippen LogP contribution in [0.25, 0.3) is 0 Å². The SMILES string of the molecule is CCOC(=O)C1=C(C)N=C2SC=C(CC(=O)NCCN3CCCC3)N2C1c1cc(OC)cc(OC)c1. The van der Waals surface area contributed by atoms with Crippen molar-refractivity contribution in [1.29, 1.82) is 0 Å². The summed E-state index contributed by atoms with van der Waals surface area (Å²) in [7, 11) is 3.17. The van der Waals surface area contributed by atoms with Crippen molar-refractivity contribution in [2.24, 2.45) is 4.99 Å². The lowest BCUT2D eigenvalue weighted by Gasteiger charge is -2.36. The summed E-state index contributed by atoms with van der Waals surface area (Å²) in [6, 6.07) is 4.99. The largest absolute Gasteiger partial charge is 0.497 e. The van der Waals surface area contributed by atoms with Gasteiger partial charge < -0.3 is 29.3 Å². The molecule has 1 fully saturated rings. The minimum atomic E-state index is -0.542. The summed E-state index contributed by atoms with van der Waals surface area (Å²) in [4.78, 5) is 35.0. The number of thioether (sulfide) groups is 1. The van der Waals surface area contributed by atoms with Gasteiger partial charge in [-0.05, 0) is 62.9 Å². The highest BCUT2D eigenvalue weighted by Crippen LogP contribution is 2.46. The van der Waals surface area contributed by atoms with Crippen LogP contribution in [-0.4, -0.2) is 73.8 Å². The number of likely N-dealkylation sites (tertiary alicyclic amines) is 1. The van der Waals surface area contributed by atoms with Crippen LogP contribution in [0.3, 0.4) is 0 Å². The second-order valence-corrected chi connectivity index (χ2v) is 9.67. The second-order valence-electron chi connectivity index (χ2n) is 8.83. The number of aliphatic imine (C=N–C) groups is 1. The van der Waals surface area contributed by atoms with Gasteiger partial charge in [-0.1, -0.05) is 11.8 Å². The molecule has 0 aliphatic carbocycles. The summed E-state index contributed by atoms with van der Waals surface area (Å²) in [6.07, 6.45) is 2.63. The average Bonchev–Trinajstić information content (AvgIpc) is 3.53. The summed E-state index contributed by atoms with van der Waals surface area (Å²) in [5, 5.41) is 5.70. The molecule has 3 aliphatic heterocycles. The highest BCUT2D eigenvalue weighted by atomic mass is 32.2. The first kappa shape index (κ1) is 26.1. The van der Waals surface area contributed by atoms with Crippen LogP contribution in [0.2, 0.25) is 0 Å². The normalized spacial score (nSPS) is 19.6. The Morgan fingerprint density at radius 1 is 1.14 bits per heavy atom. The van der Waals surface area contributed by atoms with Crippen LogP contribution in [-0.2, 0) is 14.3 Å². The minimum Gasteiger partial charge on any atom is -0.497 e. The van der Waals surface area contributed by atoms with Gasteiger partial charge in [-0.2, -0.15) is 0 Å². The monoisotopic (exact) mass is 514 g/mol. The van der Waals surface area contributed by atoms with Gasteiger partial charge in [0.15, 0.2) is 5.17 Å². The summed E-state index contributed by atoms with van der Waals surface area (Å²) in [5.41, 5.74) is 2.57. The maximum absolute atomic E-state index is 13.1. The Morgan fingerprint density at radius 2 is 1.83 bits per heavy atom. The number of rotatable bonds is 10. The van der Waals surface area contributed by atoms with E-state index in [-0.39, 0.29) is 18.9 Å². The standard InChI is InChI=1S/C26H34N4O5S/c1-5-35-25(32)23-17(2)28-26-30(24(23)18-12-20(33-3)15-21(13-18)34-4)19(16-36-26)14-22(31)27-8-11-29-9-6-7-10-29/h12-13,15-16,24H,5-11,14H2,1-4H3,(H,27,31). The number of benzene rings is 1. The molecule has 0 spiro atoms. The predicted molar refractivity (Wildman–Crippen MR) is 140 cm³/mol. The lowest BCUT2D eigenvalue weighted by Crippen LogP contribution is -2.39. The second kappa shape index (κ2) is 11.8. The topological polar surface area (TPSA) is 92.7 Å². The lowest BCUT2D eigenvalue weighted by atomic mass is 9.93. The zero-order chi connectivity index (χ0) is 25.7. The van der Waals surface area contributed by atoms with Crippen LogP contribution in [0.15, 0.2) is 45.6 Å². The number of carbonyl (C=O) groups excluding carboxylic acids is 2. The molecule has 0 bridgehead atoms. The van der Waals surface area contributed by atoms with Gasteiger partial charge >= 0.3 is 5.97 Å². The number of allylic oxidation sites excluding steroid dienone is 1. The predicted octanol–water partition coefficient (Wildman–Crippen LogP) is 3.44. The van der Waals surface area contributed by atoms with E-state index in [0.717, 1.165) is 30.9 Å². The maximum Gasteiger partial charge on any atom is 0.338 e. The molecule has 3 heterocycles. The minimum absolute atomic E-state index is 0.0618. The fraction of sp³-hybridized carbons (Fsp3) is 0.500. The molecule has 1 atom stereocenters. The van der Waals surface area contributed by atoms with E-state index in [4.69, 9.17) is 19.2 Å². The van der Waals surface area contributed by atoms with E-state index in [0.29, 0.717) is 34.5 Å². The van der Waals surface area contributed by atoms with E-state index in [9.17, 15) is 9.59 Å². The lowest BCUT2D eigenvalue weighted by molar-refractivity contribution is -0.139. The molecule has 9 nitrogen and oxygen atoms in total. The Labute approximate surface area is 216 Å². The number of hydrogen-bond donors (Lipinski definition) is 1. The Hall–Kier alpha value is -2.98. The van der Waals surface area contributed by atoms with Crippen molar-refractivity contribution in [3.8, 4) is 11.5 Å². The van der Waals surface area contributed by atoms with E-state index in [1.165, 1.54) is 24.6 Å². The van der Waals surface area contributed by atoms with E-state index in [1.807, 2.05) is 29.4 Å². The summed E-state index contributed by atoms with van der Waals surface area (Å²) in [6.45, 7) is 7.50. The third kappa shape index (κ3) is 5.70. The molecule has 10 heteroatoms. The summed E-state index contributed by atoms with van der Waals surface area (Å²) >= 11 is 1.45. The molecule has 0 saturated carbocycles. The van der Waals surface area contributed by atoms with E-state index < -0.39 is 12.0 Å². The molecule has 1 unspecified atom stereocenters. The third-order valence-electron chi connectivity index (χ3n) is 6.48. The van der Waals surface area contributed by atoms with E-state index >= 15 is 0 Å². The number of nitrogens with one attached hydrogen (secondary N) is 1. The van der Waals surface area contributed by atoms with Crippen LogP contribution in [0, 0.1) is 0 Å². The van der Waals surface area contributed by atoms with Gasteiger partial charge in [-0.25, -0.2) is 9.79 Å². The highest BCUT2D eigenvalue weighted by molar-refractivity contribution is 8.16. The van der Waals surface area contributed by atoms with Crippen molar-refractivity contribution in [2.45, 2.75) is 39.2 Å². The molecule has 1 N–H and O–H groups in total. The molecular formula is C26H34N4O5S. The molecule has 1 aromatic rings. The van der Waals surface area contributed by atoms with Crippen LogP contribution in [0.4, 0.5) is 0 Å². The zero-order valence-corrected chi connectivity index (χ0v) is 22.2. The molecule has 0 radical (unpaired) electrons. The molecule has 4 rings (SSSR count). The van der Waals surface area contributed by atoms with Crippen LogP contribution >= 0.6 is 11.8 Å². The zero-order valence-electron chi connectivity index (χ0n) is 21.3. The van der Waals surface area contributed by atoms with Crippen molar-refractivity contribution in [3.63, 3.8) is 0 Å². The Bertz CT molecular complexity index is 1070. The van der Waals surface area contributed by atoms with E-state index in [1.54, 1.807) is 27.2 Å². The van der Waals surface area contributed by atoms with E-state index in [2.05, 4.69) is 10.2 Å². The molecule has 1 amide bonds. The molecule has 3 aliphatic rings. The van der Waals surface area contributed by atoms with Crippen LogP contribution in [0.5, 0.6) is 11.5 Å². The Kier molecular flexibility index (Phi) is 8.58. The molecule has 194 valence electrons. The van der Waals surface area contributed by atoms with Gasteiger partial charge in [0.25, 0.3) is 0 Å². The number of amides is 1. The molecule has 1 saturated heterocycles. The first-order valence-electron chi connectivity index (χ1n) is 12.3. The molecule has 0 aromatic heterocycles. The Balaban J connectivity index is 1.61. The summed E-state index contributed by atoms with van der Waals surface area (Å²) < 4.78 is 16.4. The average molecular weight is 515 g/mol. The Morgan fingerprint density at radius 3 is 2.47 bits per heavy atom. The van der Waals surface area contributed by atoms with Crippen molar-refractivity contribution >= 4 is 28.8 Å². The van der Waals surface area contributed by atoms with Crippen LogP contribution < -0.4 is 14.8 Å².